The van der Waals surface area contributed by atoms with Crippen molar-refractivity contribution >= 4 is 5.91 Å². The lowest BCUT2D eigenvalue weighted by molar-refractivity contribution is 0.0947. The molecule has 0 saturated carbocycles. The summed E-state index contributed by atoms with van der Waals surface area (Å²) in [5.41, 5.74) is 4.28. The Morgan fingerprint density at radius 1 is 1.03 bits per heavy atom. The highest BCUT2D eigenvalue weighted by atomic mass is 16.5. The fourth-order valence-corrected chi connectivity index (χ4v) is 3.46. The monoisotopic (exact) mass is 386 g/mol. The van der Waals surface area contributed by atoms with Crippen LogP contribution in [0.2, 0.25) is 0 Å². The molecule has 0 bridgehead atoms. The van der Waals surface area contributed by atoms with Gasteiger partial charge >= 0.3 is 0 Å². The van der Waals surface area contributed by atoms with E-state index in [1.165, 1.54) is 0 Å². The molecule has 1 N–H and O–H groups in total. The summed E-state index contributed by atoms with van der Waals surface area (Å²) in [6.45, 7) is 2.28. The number of methoxy groups -OCH3 is 1. The van der Waals surface area contributed by atoms with Crippen LogP contribution in [-0.4, -0.2) is 17.6 Å². The van der Waals surface area contributed by atoms with Gasteiger partial charge in [0.1, 0.15) is 11.5 Å². The van der Waals surface area contributed by atoms with Crippen LogP contribution in [0.15, 0.2) is 83.5 Å². The Morgan fingerprint density at radius 3 is 2.52 bits per heavy atom. The number of aromatic nitrogens is 1. The van der Waals surface area contributed by atoms with E-state index in [0.29, 0.717) is 17.9 Å². The summed E-state index contributed by atoms with van der Waals surface area (Å²) in [4.78, 5) is 12.9. The number of carbonyl (C=O) groups excluding carboxylic acids is 1. The Bertz CT molecular complexity index is 1110. The average Bonchev–Trinajstić information content (AvgIpc) is 3.40. The van der Waals surface area contributed by atoms with Crippen LogP contribution in [0.1, 0.15) is 21.8 Å². The van der Waals surface area contributed by atoms with E-state index in [4.69, 9.17) is 9.15 Å². The van der Waals surface area contributed by atoms with E-state index >= 15 is 0 Å². The minimum Gasteiger partial charge on any atom is -0.495 e. The Morgan fingerprint density at radius 2 is 1.79 bits per heavy atom. The average molecular weight is 386 g/mol. The van der Waals surface area contributed by atoms with E-state index in [-0.39, 0.29) is 5.91 Å². The van der Waals surface area contributed by atoms with Gasteiger partial charge in [-0.15, -0.1) is 0 Å². The number of amides is 1. The van der Waals surface area contributed by atoms with Crippen molar-refractivity contribution in [2.45, 2.75) is 13.5 Å². The number of rotatable bonds is 6. The summed E-state index contributed by atoms with van der Waals surface area (Å²) in [6, 6.07) is 23.4. The molecule has 5 heteroatoms. The predicted octanol–water partition coefficient (Wildman–Crippen LogP) is 4.98. The quantitative estimate of drug-likeness (QED) is 0.508. The molecular weight excluding hydrogens is 364 g/mol. The van der Waals surface area contributed by atoms with Gasteiger partial charge in [0.2, 0.25) is 0 Å². The molecule has 1 amide bonds. The highest BCUT2D eigenvalue weighted by molar-refractivity contribution is 5.97. The standard InChI is InChI=1S/C24H22N2O3/c1-17-20(24(27)25-16-19-11-8-14-29-19)15-22(18-9-4-3-5-10-18)26(17)21-12-6-7-13-23(21)28-2/h3-15H,16H2,1-2H3,(H,25,27). The summed E-state index contributed by atoms with van der Waals surface area (Å²) < 4.78 is 13.0. The van der Waals surface area contributed by atoms with Gasteiger partial charge in [-0.25, -0.2) is 0 Å². The molecule has 0 saturated heterocycles. The van der Waals surface area contributed by atoms with Crippen molar-refractivity contribution in [1.82, 2.24) is 9.88 Å². The van der Waals surface area contributed by atoms with Gasteiger partial charge in [-0.05, 0) is 42.8 Å². The number of para-hydroxylation sites is 2. The lowest BCUT2D eigenvalue weighted by Crippen LogP contribution is -2.23. The Labute approximate surface area is 169 Å². The fraction of sp³-hybridized carbons (Fsp3) is 0.125. The van der Waals surface area contributed by atoms with Crippen LogP contribution in [0.4, 0.5) is 0 Å². The van der Waals surface area contributed by atoms with Gasteiger partial charge in [0.25, 0.3) is 5.91 Å². The fourth-order valence-electron chi connectivity index (χ4n) is 3.46. The summed E-state index contributed by atoms with van der Waals surface area (Å²) in [6.07, 6.45) is 1.60. The minimum atomic E-state index is -0.148. The number of carbonyl (C=O) groups is 1. The van der Waals surface area contributed by atoms with Crippen LogP contribution in [0.25, 0.3) is 16.9 Å². The second-order valence-corrected chi connectivity index (χ2v) is 6.66. The van der Waals surface area contributed by atoms with Crippen molar-refractivity contribution in [2.24, 2.45) is 0 Å². The summed E-state index contributed by atoms with van der Waals surface area (Å²) in [5.74, 6) is 1.30. The molecule has 4 rings (SSSR count). The molecule has 146 valence electrons. The van der Waals surface area contributed by atoms with E-state index in [2.05, 4.69) is 9.88 Å². The molecule has 0 aliphatic carbocycles. The maximum absolute atomic E-state index is 12.9. The summed E-state index contributed by atoms with van der Waals surface area (Å²) >= 11 is 0. The van der Waals surface area contributed by atoms with E-state index in [9.17, 15) is 4.79 Å². The molecule has 0 radical (unpaired) electrons. The zero-order chi connectivity index (χ0) is 20.2. The molecule has 0 unspecified atom stereocenters. The molecule has 0 fully saturated rings. The largest absolute Gasteiger partial charge is 0.495 e. The van der Waals surface area contributed by atoms with Crippen molar-refractivity contribution in [2.75, 3.05) is 7.11 Å². The number of nitrogens with zero attached hydrogens (tertiary/aromatic N) is 1. The minimum absolute atomic E-state index is 0.148. The van der Waals surface area contributed by atoms with Gasteiger partial charge in [0.05, 0.1) is 36.9 Å². The highest BCUT2D eigenvalue weighted by Crippen LogP contribution is 2.33. The topological polar surface area (TPSA) is 56.4 Å². The third-order valence-electron chi connectivity index (χ3n) is 4.89. The first-order chi connectivity index (χ1) is 14.2. The van der Waals surface area contributed by atoms with E-state index < -0.39 is 0 Å². The third kappa shape index (κ3) is 3.67. The molecule has 2 aromatic heterocycles. The maximum atomic E-state index is 12.9. The second kappa shape index (κ2) is 8.10. The van der Waals surface area contributed by atoms with E-state index in [0.717, 1.165) is 28.4 Å². The Kier molecular flexibility index (Phi) is 5.20. The smallest absolute Gasteiger partial charge is 0.253 e. The second-order valence-electron chi connectivity index (χ2n) is 6.66. The first-order valence-corrected chi connectivity index (χ1v) is 9.40. The predicted molar refractivity (Wildman–Crippen MR) is 112 cm³/mol. The zero-order valence-electron chi connectivity index (χ0n) is 16.4. The molecule has 29 heavy (non-hydrogen) atoms. The SMILES string of the molecule is COc1ccccc1-n1c(-c2ccccc2)cc(C(=O)NCc2ccco2)c1C. The van der Waals surface area contributed by atoms with E-state index in [1.807, 2.05) is 73.7 Å². The van der Waals surface area contributed by atoms with Crippen LogP contribution in [0, 0.1) is 6.92 Å². The van der Waals surface area contributed by atoms with Gasteiger partial charge in [0.15, 0.2) is 0 Å². The van der Waals surface area contributed by atoms with Crippen LogP contribution in [0.3, 0.4) is 0 Å². The van der Waals surface area contributed by atoms with Crippen LogP contribution in [-0.2, 0) is 6.54 Å². The molecular formula is C24H22N2O3. The lowest BCUT2D eigenvalue weighted by atomic mass is 10.1. The number of nitrogens with one attached hydrogen (secondary N) is 1. The van der Waals surface area contributed by atoms with Crippen molar-refractivity contribution in [3.05, 3.63) is 96.1 Å². The molecule has 2 aromatic carbocycles. The summed E-state index contributed by atoms with van der Waals surface area (Å²) in [5, 5.41) is 2.94. The lowest BCUT2D eigenvalue weighted by Gasteiger charge is -2.15. The van der Waals surface area contributed by atoms with Gasteiger partial charge in [0, 0.05) is 5.69 Å². The number of ether oxygens (including phenoxy) is 1. The van der Waals surface area contributed by atoms with Gasteiger partial charge in [-0.2, -0.15) is 0 Å². The van der Waals surface area contributed by atoms with Gasteiger partial charge in [-0.3, -0.25) is 4.79 Å². The maximum Gasteiger partial charge on any atom is 0.253 e. The van der Waals surface area contributed by atoms with Crippen molar-refractivity contribution in [1.29, 1.82) is 0 Å². The van der Waals surface area contributed by atoms with Crippen molar-refractivity contribution < 1.29 is 13.9 Å². The molecule has 0 aliphatic rings. The third-order valence-corrected chi connectivity index (χ3v) is 4.89. The normalized spacial score (nSPS) is 10.7. The van der Waals surface area contributed by atoms with Crippen LogP contribution < -0.4 is 10.1 Å². The number of hydrogen-bond donors (Lipinski definition) is 1. The molecule has 0 spiro atoms. The molecule has 5 nitrogen and oxygen atoms in total. The van der Waals surface area contributed by atoms with Crippen LogP contribution >= 0.6 is 0 Å². The number of benzene rings is 2. The summed E-state index contributed by atoms with van der Waals surface area (Å²) in [7, 11) is 1.65. The number of furan rings is 1. The molecule has 0 aliphatic heterocycles. The van der Waals surface area contributed by atoms with Gasteiger partial charge in [-0.1, -0.05) is 42.5 Å². The van der Waals surface area contributed by atoms with Gasteiger partial charge < -0.3 is 19.0 Å². The molecule has 2 heterocycles. The first-order valence-electron chi connectivity index (χ1n) is 9.40. The molecule has 0 atom stereocenters. The van der Waals surface area contributed by atoms with Crippen LogP contribution in [0.5, 0.6) is 5.75 Å². The Hall–Kier alpha value is -3.73. The first kappa shape index (κ1) is 18.6. The number of hydrogen-bond acceptors (Lipinski definition) is 3. The zero-order valence-corrected chi connectivity index (χ0v) is 16.4. The highest BCUT2D eigenvalue weighted by Gasteiger charge is 2.21. The Balaban J connectivity index is 1.80. The molecule has 4 aromatic rings. The van der Waals surface area contributed by atoms with Crippen molar-refractivity contribution in [3.8, 4) is 22.7 Å². The van der Waals surface area contributed by atoms with Crippen molar-refractivity contribution in [3.63, 3.8) is 0 Å². The van der Waals surface area contributed by atoms with E-state index in [1.54, 1.807) is 19.4 Å².